The molecule has 26 heavy (non-hydrogen) atoms. The Labute approximate surface area is 152 Å². The molecule has 4 aromatic rings. The molecule has 1 aromatic carbocycles. The van der Waals surface area contributed by atoms with Gasteiger partial charge in [0.1, 0.15) is 17.3 Å². The molecule has 0 aliphatic rings. The molecular formula is C18H13N5O2S. The van der Waals surface area contributed by atoms with Crippen molar-refractivity contribution in [3.63, 3.8) is 0 Å². The quantitative estimate of drug-likeness (QED) is 0.518. The molecule has 128 valence electrons. The molecule has 0 saturated carbocycles. The fraction of sp³-hybridized carbons (Fsp3) is 0.111. The monoisotopic (exact) mass is 363 g/mol. The Hall–Kier alpha value is -3.31. The fourth-order valence-electron chi connectivity index (χ4n) is 2.71. The zero-order valence-corrected chi connectivity index (χ0v) is 14.6. The largest absolute Gasteiger partial charge is 0.463 e. The standard InChI is InChI=1S/C18H13N5O2S/c1-22-16(24)13(10-19)15(14-8-5-9-25-14)23-17(22)20-21-18(23)26-11-12-6-3-2-4-7-12/h2-9H,11H2,1H3. The van der Waals surface area contributed by atoms with Gasteiger partial charge >= 0.3 is 0 Å². The van der Waals surface area contributed by atoms with Crippen LogP contribution in [0.15, 0.2) is 63.1 Å². The number of aromatic nitrogens is 4. The lowest BCUT2D eigenvalue weighted by atomic mass is 10.2. The molecule has 0 fully saturated rings. The molecule has 0 spiro atoms. The lowest BCUT2D eigenvalue weighted by molar-refractivity contribution is 0.576. The molecule has 4 rings (SSSR count). The molecule has 7 nitrogen and oxygen atoms in total. The number of thioether (sulfide) groups is 1. The number of benzene rings is 1. The number of rotatable bonds is 4. The molecule has 0 N–H and O–H groups in total. The summed E-state index contributed by atoms with van der Waals surface area (Å²) < 4.78 is 8.49. The van der Waals surface area contributed by atoms with E-state index in [2.05, 4.69) is 10.2 Å². The number of hydrogen-bond acceptors (Lipinski definition) is 6. The van der Waals surface area contributed by atoms with E-state index < -0.39 is 5.56 Å². The molecule has 0 amide bonds. The van der Waals surface area contributed by atoms with E-state index in [1.807, 2.05) is 36.4 Å². The second-order valence-electron chi connectivity index (χ2n) is 5.57. The van der Waals surface area contributed by atoms with Crippen LogP contribution in [0.25, 0.3) is 17.2 Å². The first-order valence-corrected chi connectivity index (χ1v) is 8.78. The maximum absolute atomic E-state index is 12.5. The van der Waals surface area contributed by atoms with E-state index in [0.717, 1.165) is 5.56 Å². The van der Waals surface area contributed by atoms with Gasteiger partial charge in [-0.05, 0) is 17.7 Å². The van der Waals surface area contributed by atoms with Gasteiger partial charge in [0, 0.05) is 12.8 Å². The highest BCUT2D eigenvalue weighted by Gasteiger charge is 2.23. The first kappa shape index (κ1) is 16.2. The minimum Gasteiger partial charge on any atom is -0.463 e. The summed E-state index contributed by atoms with van der Waals surface area (Å²) in [5.41, 5.74) is 1.07. The molecule has 3 aromatic heterocycles. The normalized spacial score (nSPS) is 10.9. The van der Waals surface area contributed by atoms with Gasteiger partial charge in [-0.3, -0.25) is 13.8 Å². The van der Waals surface area contributed by atoms with Crippen LogP contribution in [0.1, 0.15) is 11.1 Å². The van der Waals surface area contributed by atoms with Gasteiger partial charge in [-0.1, -0.05) is 42.1 Å². The lowest BCUT2D eigenvalue weighted by Crippen LogP contribution is -2.24. The predicted octanol–water partition coefficient (Wildman–Crippen LogP) is 2.85. The molecule has 0 saturated heterocycles. The number of fused-ring (bicyclic) bond motifs is 1. The van der Waals surface area contributed by atoms with Crippen LogP contribution in [-0.2, 0) is 12.8 Å². The molecular weight excluding hydrogens is 350 g/mol. The van der Waals surface area contributed by atoms with Crippen molar-refractivity contribution in [1.82, 2.24) is 19.2 Å². The Morgan fingerprint density at radius 2 is 2.00 bits per heavy atom. The van der Waals surface area contributed by atoms with Gasteiger partial charge in [0.15, 0.2) is 10.9 Å². The Bertz CT molecular complexity index is 1170. The molecule has 0 unspecified atom stereocenters. The molecule has 0 aliphatic heterocycles. The van der Waals surface area contributed by atoms with E-state index >= 15 is 0 Å². The summed E-state index contributed by atoms with van der Waals surface area (Å²) in [4.78, 5) is 12.5. The van der Waals surface area contributed by atoms with Crippen molar-refractivity contribution in [2.24, 2.45) is 7.05 Å². The van der Waals surface area contributed by atoms with Gasteiger partial charge in [0.05, 0.1) is 6.26 Å². The van der Waals surface area contributed by atoms with E-state index in [9.17, 15) is 10.1 Å². The highest BCUT2D eigenvalue weighted by molar-refractivity contribution is 7.98. The predicted molar refractivity (Wildman–Crippen MR) is 96.6 cm³/mol. The Balaban J connectivity index is 1.92. The van der Waals surface area contributed by atoms with Crippen LogP contribution < -0.4 is 5.56 Å². The van der Waals surface area contributed by atoms with Crippen molar-refractivity contribution in [2.45, 2.75) is 10.9 Å². The highest BCUT2D eigenvalue weighted by Crippen LogP contribution is 2.28. The van der Waals surface area contributed by atoms with Crippen LogP contribution >= 0.6 is 11.8 Å². The van der Waals surface area contributed by atoms with E-state index in [0.29, 0.717) is 28.1 Å². The fourth-order valence-corrected chi connectivity index (χ4v) is 3.60. The maximum Gasteiger partial charge on any atom is 0.273 e. The van der Waals surface area contributed by atoms with Crippen LogP contribution in [0.3, 0.4) is 0 Å². The highest BCUT2D eigenvalue weighted by atomic mass is 32.2. The van der Waals surface area contributed by atoms with Crippen LogP contribution in [0.5, 0.6) is 0 Å². The third-order valence-corrected chi connectivity index (χ3v) is 4.97. The van der Waals surface area contributed by atoms with E-state index in [4.69, 9.17) is 4.42 Å². The molecule has 3 heterocycles. The van der Waals surface area contributed by atoms with Gasteiger partial charge in [-0.15, -0.1) is 10.2 Å². The summed E-state index contributed by atoms with van der Waals surface area (Å²) >= 11 is 1.48. The molecule has 8 heteroatoms. The van der Waals surface area contributed by atoms with Crippen molar-refractivity contribution in [2.75, 3.05) is 0 Å². The number of furan rings is 1. The van der Waals surface area contributed by atoms with Crippen molar-refractivity contribution >= 4 is 17.5 Å². The summed E-state index contributed by atoms with van der Waals surface area (Å²) in [6.45, 7) is 0. The minimum absolute atomic E-state index is 0.00342. The SMILES string of the molecule is Cn1c(=O)c(C#N)c(-c2ccco2)n2c(SCc3ccccc3)nnc12. The first-order valence-electron chi connectivity index (χ1n) is 7.79. The van der Waals surface area contributed by atoms with Crippen LogP contribution in [0.2, 0.25) is 0 Å². The van der Waals surface area contributed by atoms with E-state index in [1.54, 1.807) is 23.6 Å². The maximum atomic E-state index is 12.5. The number of aryl methyl sites for hydroxylation is 1. The average Bonchev–Trinajstić information content (AvgIpc) is 3.34. The second kappa shape index (κ2) is 6.54. The van der Waals surface area contributed by atoms with Gasteiger partial charge in [-0.2, -0.15) is 5.26 Å². The van der Waals surface area contributed by atoms with E-state index in [1.165, 1.54) is 22.6 Å². The third kappa shape index (κ3) is 2.59. The second-order valence-corrected chi connectivity index (χ2v) is 6.51. The van der Waals surface area contributed by atoms with E-state index in [-0.39, 0.29) is 5.56 Å². The molecule has 0 atom stereocenters. The molecule has 0 radical (unpaired) electrons. The average molecular weight is 363 g/mol. The van der Waals surface area contributed by atoms with Crippen LogP contribution in [0, 0.1) is 11.3 Å². The topological polar surface area (TPSA) is 89.1 Å². The number of nitrogens with zero attached hydrogens (tertiary/aromatic N) is 5. The molecule has 0 bridgehead atoms. The number of hydrogen-bond donors (Lipinski definition) is 0. The van der Waals surface area contributed by atoms with Gasteiger partial charge in [-0.25, -0.2) is 0 Å². The van der Waals surface area contributed by atoms with Gasteiger partial charge in [0.2, 0.25) is 5.78 Å². The summed E-state index contributed by atoms with van der Waals surface area (Å²) in [5, 5.41) is 18.5. The zero-order chi connectivity index (χ0) is 18.1. The summed E-state index contributed by atoms with van der Waals surface area (Å²) in [6, 6.07) is 15.4. The summed E-state index contributed by atoms with van der Waals surface area (Å²) in [6.07, 6.45) is 1.50. The Kier molecular flexibility index (Phi) is 4.07. The van der Waals surface area contributed by atoms with Crippen molar-refractivity contribution in [3.8, 4) is 17.5 Å². The van der Waals surface area contributed by atoms with Crippen molar-refractivity contribution in [1.29, 1.82) is 5.26 Å². The van der Waals surface area contributed by atoms with Crippen LogP contribution in [-0.4, -0.2) is 19.2 Å². The first-order chi connectivity index (χ1) is 12.7. The summed E-state index contributed by atoms with van der Waals surface area (Å²) in [7, 11) is 1.57. The Morgan fingerprint density at radius 3 is 2.69 bits per heavy atom. The summed E-state index contributed by atoms with van der Waals surface area (Å²) in [5.74, 6) is 1.46. The third-order valence-electron chi connectivity index (χ3n) is 3.97. The molecule has 0 aliphatic carbocycles. The zero-order valence-electron chi connectivity index (χ0n) is 13.8. The van der Waals surface area contributed by atoms with Crippen molar-refractivity contribution < 1.29 is 4.42 Å². The lowest BCUT2D eigenvalue weighted by Gasteiger charge is -2.09. The van der Waals surface area contributed by atoms with Gasteiger partial charge < -0.3 is 4.42 Å². The van der Waals surface area contributed by atoms with Crippen molar-refractivity contribution in [3.05, 3.63) is 70.2 Å². The Morgan fingerprint density at radius 1 is 1.19 bits per heavy atom. The smallest absolute Gasteiger partial charge is 0.273 e. The minimum atomic E-state index is -0.432. The number of nitriles is 1. The van der Waals surface area contributed by atoms with Crippen LogP contribution in [0.4, 0.5) is 0 Å². The van der Waals surface area contributed by atoms with Gasteiger partial charge in [0.25, 0.3) is 5.56 Å².